The van der Waals surface area contributed by atoms with Gasteiger partial charge in [-0.15, -0.1) is 0 Å². The van der Waals surface area contributed by atoms with Crippen LogP contribution in [0.15, 0.2) is 24.3 Å². The van der Waals surface area contributed by atoms with Crippen LogP contribution in [0.4, 0.5) is 0 Å². The van der Waals surface area contributed by atoms with Gasteiger partial charge in [0.05, 0.1) is 25.2 Å². The van der Waals surface area contributed by atoms with Gasteiger partial charge in [0, 0.05) is 6.42 Å². The number of carbonyl (C=O) groups is 2. The molecule has 1 amide bonds. The molecule has 0 aromatic carbocycles. The molecule has 0 aliphatic carbocycles. The lowest BCUT2D eigenvalue weighted by molar-refractivity contribution is -0.151. The lowest BCUT2D eigenvalue weighted by Gasteiger charge is -2.24. The Labute approximate surface area is 424 Å². The Balaban J connectivity index is 4.54. The number of ether oxygens (including phenoxy) is 1. The van der Waals surface area contributed by atoms with Gasteiger partial charge in [-0.1, -0.05) is 295 Å². The zero-order chi connectivity index (χ0) is 49.5. The third-order valence-electron chi connectivity index (χ3n) is 14.3. The van der Waals surface area contributed by atoms with Crippen LogP contribution < -0.4 is 5.32 Å². The number of nitrogens with one attached hydrogen (secondary N) is 1. The summed E-state index contributed by atoms with van der Waals surface area (Å²) in [6.07, 6.45) is 66.7. The van der Waals surface area contributed by atoms with Gasteiger partial charge in [0.25, 0.3) is 0 Å². The summed E-state index contributed by atoms with van der Waals surface area (Å²) in [6.45, 7) is 6.53. The molecule has 0 saturated heterocycles. The van der Waals surface area contributed by atoms with E-state index >= 15 is 0 Å². The van der Waals surface area contributed by atoms with Crippen LogP contribution in [0.1, 0.15) is 335 Å². The van der Waals surface area contributed by atoms with E-state index in [1.807, 2.05) is 0 Å². The molecule has 0 fully saturated rings. The average molecular weight is 959 g/mol. The van der Waals surface area contributed by atoms with Crippen LogP contribution in [-0.4, -0.2) is 46.9 Å². The molecule has 0 saturated carbocycles. The number of aliphatic hydroxyl groups excluding tert-OH is 2. The van der Waals surface area contributed by atoms with Crippen LogP contribution in [0.25, 0.3) is 0 Å². The quantitative estimate of drug-likeness (QED) is 0.0321. The van der Waals surface area contributed by atoms with E-state index in [9.17, 15) is 19.8 Å². The molecule has 0 bridgehead atoms. The first-order chi connectivity index (χ1) is 33.5. The van der Waals surface area contributed by atoms with E-state index in [4.69, 9.17) is 4.74 Å². The number of allylic oxidation sites excluding steroid dienone is 4. The van der Waals surface area contributed by atoms with Crippen molar-refractivity contribution >= 4 is 11.9 Å². The lowest BCUT2D eigenvalue weighted by atomic mass is 10.0. The van der Waals surface area contributed by atoms with Crippen molar-refractivity contribution in [3.05, 3.63) is 24.3 Å². The van der Waals surface area contributed by atoms with Crippen LogP contribution in [0, 0.1) is 0 Å². The summed E-state index contributed by atoms with van der Waals surface area (Å²) in [4.78, 5) is 26.3. The van der Waals surface area contributed by atoms with Crippen molar-refractivity contribution in [1.29, 1.82) is 0 Å². The van der Waals surface area contributed by atoms with Gasteiger partial charge in [-0.25, -0.2) is 0 Å². The van der Waals surface area contributed by atoms with E-state index in [1.165, 1.54) is 238 Å². The number of hydrogen-bond donors (Lipinski definition) is 3. The fraction of sp³-hybridized carbons (Fsp3) is 0.903. The molecule has 0 radical (unpaired) electrons. The third kappa shape index (κ3) is 50.7. The first-order valence-electron chi connectivity index (χ1n) is 30.6. The maximum Gasteiger partial charge on any atom is 0.306 e. The minimum atomic E-state index is -0.787. The molecular weight excluding hydrogens is 839 g/mol. The topological polar surface area (TPSA) is 95.9 Å². The Morgan fingerprint density at radius 1 is 0.426 bits per heavy atom. The van der Waals surface area contributed by atoms with Gasteiger partial charge >= 0.3 is 5.97 Å². The fourth-order valence-electron chi connectivity index (χ4n) is 9.66. The maximum atomic E-state index is 13.3. The molecule has 0 aliphatic heterocycles. The summed E-state index contributed by atoms with van der Waals surface area (Å²) in [5, 5.41) is 23.9. The fourth-order valence-corrected chi connectivity index (χ4v) is 9.66. The van der Waals surface area contributed by atoms with Crippen LogP contribution in [-0.2, 0) is 14.3 Å². The summed E-state index contributed by atoms with van der Waals surface area (Å²) in [5.74, 6) is -0.469. The molecule has 6 heteroatoms. The summed E-state index contributed by atoms with van der Waals surface area (Å²) < 4.78 is 5.97. The molecular formula is C62H119NO5. The number of aliphatic hydroxyl groups is 2. The highest BCUT2D eigenvalue weighted by atomic mass is 16.5. The Kier molecular flexibility index (Phi) is 54.9. The summed E-state index contributed by atoms with van der Waals surface area (Å²) in [6, 6.07) is -0.701. The summed E-state index contributed by atoms with van der Waals surface area (Å²) in [7, 11) is 0. The predicted molar refractivity (Wildman–Crippen MR) is 296 cm³/mol. The molecule has 68 heavy (non-hydrogen) atoms. The number of unbranched alkanes of at least 4 members (excludes halogenated alkanes) is 41. The van der Waals surface area contributed by atoms with Crippen molar-refractivity contribution in [2.75, 3.05) is 6.61 Å². The van der Waals surface area contributed by atoms with Gasteiger partial charge in [-0.2, -0.15) is 0 Å². The molecule has 0 spiro atoms. The van der Waals surface area contributed by atoms with E-state index in [2.05, 4.69) is 50.4 Å². The normalized spacial score (nSPS) is 13.2. The standard InChI is InChI=1S/C62H119NO5/c1-4-7-10-13-16-19-22-25-28-30-31-34-37-40-43-46-49-52-55-62(67)68-58(53-50-47-44-41-38-35-33-29-26-23-20-17-14-11-8-5-2)56-61(66)63-59(57-64)60(65)54-51-48-45-42-39-36-32-27-24-21-18-15-12-9-6-3/h28,30-31,34,58-60,64-65H,4-27,29,32-33,35-57H2,1-3H3,(H,63,66)/b30-28+,34-31+. The second-order valence-electron chi connectivity index (χ2n) is 21.1. The van der Waals surface area contributed by atoms with E-state index in [0.29, 0.717) is 19.3 Å². The van der Waals surface area contributed by atoms with E-state index in [0.717, 1.165) is 51.4 Å². The number of carbonyl (C=O) groups excluding carboxylic acids is 2. The van der Waals surface area contributed by atoms with Gasteiger partial charge in [-0.05, 0) is 51.4 Å². The smallest absolute Gasteiger partial charge is 0.306 e. The average Bonchev–Trinajstić information content (AvgIpc) is 3.33. The largest absolute Gasteiger partial charge is 0.462 e. The third-order valence-corrected chi connectivity index (χ3v) is 14.3. The van der Waals surface area contributed by atoms with Crippen molar-refractivity contribution in [2.24, 2.45) is 0 Å². The van der Waals surface area contributed by atoms with Crippen molar-refractivity contribution < 1.29 is 24.5 Å². The number of hydrogen-bond acceptors (Lipinski definition) is 5. The molecule has 0 rings (SSSR count). The van der Waals surface area contributed by atoms with E-state index < -0.39 is 18.2 Å². The summed E-state index contributed by atoms with van der Waals surface area (Å²) in [5.41, 5.74) is 0. The minimum Gasteiger partial charge on any atom is -0.462 e. The van der Waals surface area contributed by atoms with Crippen molar-refractivity contribution in [3.63, 3.8) is 0 Å². The molecule has 0 aromatic rings. The number of esters is 1. The molecule has 0 aliphatic rings. The van der Waals surface area contributed by atoms with Crippen molar-refractivity contribution in [2.45, 2.75) is 354 Å². The van der Waals surface area contributed by atoms with Crippen molar-refractivity contribution in [3.8, 4) is 0 Å². The van der Waals surface area contributed by atoms with Gasteiger partial charge in [0.15, 0.2) is 0 Å². The maximum absolute atomic E-state index is 13.3. The molecule has 0 aromatic heterocycles. The van der Waals surface area contributed by atoms with Crippen LogP contribution >= 0.6 is 0 Å². The van der Waals surface area contributed by atoms with Crippen LogP contribution in [0.5, 0.6) is 0 Å². The van der Waals surface area contributed by atoms with Gasteiger partial charge in [0.2, 0.25) is 5.91 Å². The molecule has 3 unspecified atom stereocenters. The monoisotopic (exact) mass is 958 g/mol. The Morgan fingerprint density at radius 2 is 0.735 bits per heavy atom. The minimum absolute atomic E-state index is 0.0779. The first kappa shape index (κ1) is 66.3. The Hall–Kier alpha value is -1.66. The second-order valence-corrected chi connectivity index (χ2v) is 21.1. The van der Waals surface area contributed by atoms with E-state index in [1.54, 1.807) is 0 Å². The number of rotatable bonds is 56. The molecule has 0 heterocycles. The zero-order valence-electron chi connectivity index (χ0n) is 46.0. The molecule has 402 valence electrons. The van der Waals surface area contributed by atoms with Crippen LogP contribution in [0.2, 0.25) is 0 Å². The van der Waals surface area contributed by atoms with Gasteiger partial charge in [-0.3, -0.25) is 9.59 Å². The highest BCUT2D eigenvalue weighted by molar-refractivity contribution is 5.77. The SMILES string of the molecule is CCCCCCCCC/C=C/C=C/CCCCCCCC(=O)OC(CCCCCCCCCCCCCCCCCC)CC(=O)NC(CO)C(O)CCCCCCCCCCCCCCCCC. The van der Waals surface area contributed by atoms with Crippen LogP contribution in [0.3, 0.4) is 0 Å². The number of amides is 1. The second kappa shape index (κ2) is 56.3. The summed E-state index contributed by atoms with van der Waals surface area (Å²) >= 11 is 0. The first-order valence-corrected chi connectivity index (χ1v) is 30.6. The Morgan fingerprint density at radius 3 is 1.09 bits per heavy atom. The van der Waals surface area contributed by atoms with Gasteiger partial charge in [0.1, 0.15) is 6.10 Å². The highest BCUT2D eigenvalue weighted by Gasteiger charge is 2.24. The zero-order valence-corrected chi connectivity index (χ0v) is 46.0. The molecule has 3 N–H and O–H groups in total. The molecule has 6 nitrogen and oxygen atoms in total. The van der Waals surface area contributed by atoms with Gasteiger partial charge < -0.3 is 20.3 Å². The Bertz CT molecular complexity index is 1080. The lowest BCUT2D eigenvalue weighted by Crippen LogP contribution is -2.46. The predicted octanol–water partition coefficient (Wildman–Crippen LogP) is 19.0. The van der Waals surface area contributed by atoms with E-state index in [-0.39, 0.29) is 24.9 Å². The molecule has 3 atom stereocenters. The van der Waals surface area contributed by atoms with Crippen molar-refractivity contribution in [1.82, 2.24) is 5.32 Å². The highest BCUT2D eigenvalue weighted by Crippen LogP contribution is 2.19.